The molecule has 0 saturated carbocycles. The maximum Gasteiger partial charge on any atom is 0.325 e. The summed E-state index contributed by atoms with van der Waals surface area (Å²) in [5.41, 5.74) is -0.686. The molecule has 128 valence electrons. The monoisotopic (exact) mass is 396 g/mol. The summed E-state index contributed by atoms with van der Waals surface area (Å²) in [5, 5.41) is 7.04. The quantitative estimate of drug-likeness (QED) is 0.661. The third-order valence-electron chi connectivity index (χ3n) is 3.57. The fourth-order valence-electron chi connectivity index (χ4n) is 2.35. The molecule has 1 aromatic rings. The van der Waals surface area contributed by atoms with Gasteiger partial charge in [0.25, 0.3) is 5.91 Å². The van der Waals surface area contributed by atoms with Crippen LogP contribution in [0.2, 0.25) is 0 Å². The smallest absolute Gasteiger partial charge is 0.325 e. The molecule has 1 aliphatic rings. The standard InChI is InChI=1S/C15H17BrN4O4/c1-3-17-13(23)18-11(21)8-20-12(22)15(2,19-14(20)24)9-5-4-6-10(16)7-9/h4-7H,3,8H2,1-2H3,(H,19,24)(H2,17,18,21,23)/t15-/m0/s1. The van der Waals surface area contributed by atoms with E-state index in [1.54, 1.807) is 38.1 Å². The first-order chi connectivity index (χ1) is 11.3. The first kappa shape index (κ1) is 17.9. The number of carbonyl (C=O) groups is 4. The minimum Gasteiger partial charge on any atom is -0.338 e. The SMILES string of the molecule is CCNC(=O)NC(=O)CN1C(=O)N[C@@](C)(c2cccc(Br)c2)C1=O. The second-order valence-corrected chi connectivity index (χ2v) is 6.28. The molecule has 0 aromatic heterocycles. The van der Waals surface area contributed by atoms with Crippen LogP contribution in [-0.2, 0) is 15.1 Å². The Morgan fingerprint density at radius 2 is 2.04 bits per heavy atom. The zero-order valence-electron chi connectivity index (χ0n) is 13.2. The lowest BCUT2D eigenvalue weighted by Gasteiger charge is -2.22. The molecular weight excluding hydrogens is 380 g/mol. The number of halogens is 1. The van der Waals surface area contributed by atoms with Crippen molar-refractivity contribution in [3.63, 3.8) is 0 Å². The third-order valence-corrected chi connectivity index (χ3v) is 4.06. The van der Waals surface area contributed by atoms with Crippen molar-refractivity contribution in [2.45, 2.75) is 19.4 Å². The maximum atomic E-state index is 12.6. The predicted molar refractivity (Wildman–Crippen MR) is 89.0 cm³/mol. The highest BCUT2D eigenvalue weighted by molar-refractivity contribution is 9.10. The number of nitrogens with one attached hydrogen (secondary N) is 3. The minimum absolute atomic E-state index is 0.350. The maximum absolute atomic E-state index is 12.6. The van der Waals surface area contributed by atoms with Crippen LogP contribution in [0.5, 0.6) is 0 Å². The van der Waals surface area contributed by atoms with Gasteiger partial charge in [-0.05, 0) is 31.5 Å². The highest BCUT2D eigenvalue weighted by atomic mass is 79.9. The lowest BCUT2D eigenvalue weighted by Crippen LogP contribution is -2.46. The van der Waals surface area contributed by atoms with Crippen LogP contribution < -0.4 is 16.0 Å². The second kappa shape index (κ2) is 7.00. The Labute approximate surface area is 147 Å². The van der Waals surface area contributed by atoms with Gasteiger partial charge in [-0.1, -0.05) is 28.1 Å². The van der Waals surface area contributed by atoms with Gasteiger partial charge in [0.1, 0.15) is 12.1 Å². The van der Waals surface area contributed by atoms with Gasteiger partial charge in [-0.2, -0.15) is 0 Å². The van der Waals surface area contributed by atoms with E-state index < -0.39 is 36.0 Å². The predicted octanol–water partition coefficient (Wildman–Crippen LogP) is 1.06. The van der Waals surface area contributed by atoms with E-state index in [1.807, 2.05) is 0 Å². The van der Waals surface area contributed by atoms with Gasteiger partial charge in [0.15, 0.2) is 0 Å². The fraction of sp³-hybridized carbons (Fsp3) is 0.333. The number of imide groups is 2. The lowest BCUT2D eigenvalue weighted by molar-refractivity contribution is -0.134. The normalized spacial score (nSPS) is 19.9. The Hall–Kier alpha value is -2.42. The van der Waals surface area contributed by atoms with Crippen molar-refractivity contribution in [2.75, 3.05) is 13.1 Å². The van der Waals surface area contributed by atoms with Gasteiger partial charge in [-0.3, -0.25) is 19.8 Å². The molecule has 9 heteroatoms. The van der Waals surface area contributed by atoms with E-state index >= 15 is 0 Å². The first-order valence-corrected chi connectivity index (χ1v) is 8.05. The van der Waals surface area contributed by atoms with Crippen molar-refractivity contribution in [1.29, 1.82) is 0 Å². The Morgan fingerprint density at radius 1 is 1.33 bits per heavy atom. The molecule has 0 bridgehead atoms. The number of carbonyl (C=O) groups excluding carboxylic acids is 4. The van der Waals surface area contributed by atoms with Crippen LogP contribution in [0.15, 0.2) is 28.7 Å². The van der Waals surface area contributed by atoms with Crippen molar-refractivity contribution >= 4 is 39.8 Å². The van der Waals surface area contributed by atoms with Crippen LogP contribution in [0.3, 0.4) is 0 Å². The molecule has 3 N–H and O–H groups in total. The summed E-state index contributed by atoms with van der Waals surface area (Å²) < 4.78 is 0.760. The topological polar surface area (TPSA) is 108 Å². The summed E-state index contributed by atoms with van der Waals surface area (Å²) in [6.45, 7) is 3.08. The summed E-state index contributed by atoms with van der Waals surface area (Å²) in [6, 6.07) is 5.61. The van der Waals surface area contributed by atoms with Gasteiger partial charge in [0, 0.05) is 11.0 Å². The Balaban J connectivity index is 2.14. The molecule has 2 rings (SSSR count). The Bertz CT molecular complexity index is 708. The van der Waals surface area contributed by atoms with E-state index in [0.29, 0.717) is 12.1 Å². The van der Waals surface area contributed by atoms with Crippen LogP contribution in [0.1, 0.15) is 19.4 Å². The summed E-state index contributed by atoms with van der Waals surface area (Å²) >= 11 is 3.32. The highest BCUT2D eigenvalue weighted by Gasteiger charge is 2.49. The minimum atomic E-state index is -1.27. The molecule has 1 aliphatic heterocycles. The Kier molecular flexibility index (Phi) is 5.23. The van der Waals surface area contributed by atoms with Gasteiger partial charge in [-0.15, -0.1) is 0 Å². The first-order valence-electron chi connectivity index (χ1n) is 7.25. The van der Waals surface area contributed by atoms with E-state index in [2.05, 4.69) is 31.9 Å². The number of hydrogen-bond donors (Lipinski definition) is 3. The number of urea groups is 2. The molecule has 6 amide bonds. The van der Waals surface area contributed by atoms with Crippen molar-refractivity contribution in [2.24, 2.45) is 0 Å². The number of amides is 6. The summed E-state index contributed by atoms with van der Waals surface area (Å²) in [4.78, 5) is 48.7. The van der Waals surface area contributed by atoms with Crippen molar-refractivity contribution in [3.8, 4) is 0 Å². The van der Waals surface area contributed by atoms with Gasteiger partial charge in [0.05, 0.1) is 0 Å². The van der Waals surface area contributed by atoms with Gasteiger partial charge >= 0.3 is 12.1 Å². The van der Waals surface area contributed by atoms with Gasteiger partial charge in [-0.25, -0.2) is 9.59 Å². The number of rotatable bonds is 4. The largest absolute Gasteiger partial charge is 0.338 e. The van der Waals surface area contributed by atoms with Crippen LogP contribution in [0, 0.1) is 0 Å². The molecule has 1 heterocycles. The molecule has 0 unspecified atom stereocenters. The second-order valence-electron chi connectivity index (χ2n) is 5.36. The molecular formula is C15H17BrN4O4. The number of benzene rings is 1. The molecule has 1 atom stereocenters. The van der Waals surface area contributed by atoms with E-state index in [0.717, 1.165) is 9.37 Å². The van der Waals surface area contributed by atoms with E-state index in [9.17, 15) is 19.2 Å². The molecule has 0 radical (unpaired) electrons. The van der Waals surface area contributed by atoms with Crippen LogP contribution >= 0.6 is 15.9 Å². The average Bonchev–Trinajstić information content (AvgIpc) is 2.72. The van der Waals surface area contributed by atoms with Crippen LogP contribution in [-0.4, -0.2) is 41.9 Å². The van der Waals surface area contributed by atoms with E-state index in [4.69, 9.17) is 0 Å². The van der Waals surface area contributed by atoms with Crippen LogP contribution in [0.25, 0.3) is 0 Å². The molecule has 0 spiro atoms. The zero-order chi connectivity index (χ0) is 17.9. The van der Waals surface area contributed by atoms with E-state index in [1.165, 1.54) is 0 Å². The molecule has 1 saturated heterocycles. The lowest BCUT2D eigenvalue weighted by atomic mass is 9.92. The zero-order valence-corrected chi connectivity index (χ0v) is 14.8. The van der Waals surface area contributed by atoms with Gasteiger partial charge in [0.2, 0.25) is 5.91 Å². The Morgan fingerprint density at radius 3 is 2.67 bits per heavy atom. The number of hydrogen-bond acceptors (Lipinski definition) is 4. The molecule has 24 heavy (non-hydrogen) atoms. The summed E-state index contributed by atoms with van der Waals surface area (Å²) in [6.07, 6.45) is 0. The molecule has 8 nitrogen and oxygen atoms in total. The third kappa shape index (κ3) is 3.56. The van der Waals surface area contributed by atoms with Crippen molar-refractivity contribution < 1.29 is 19.2 Å². The molecule has 1 aromatic carbocycles. The van der Waals surface area contributed by atoms with Crippen LogP contribution in [0.4, 0.5) is 9.59 Å². The molecule has 0 aliphatic carbocycles. The molecule has 1 fully saturated rings. The summed E-state index contributed by atoms with van der Waals surface area (Å²) in [5.74, 6) is -1.31. The van der Waals surface area contributed by atoms with E-state index in [-0.39, 0.29) is 0 Å². The van der Waals surface area contributed by atoms with Gasteiger partial charge < -0.3 is 10.6 Å². The number of nitrogens with zero attached hydrogens (tertiary/aromatic N) is 1. The van der Waals surface area contributed by atoms with Crippen molar-refractivity contribution in [1.82, 2.24) is 20.9 Å². The average molecular weight is 397 g/mol. The summed E-state index contributed by atoms with van der Waals surface area (Å²) in [7, 11) is 0. The van der Waals surface area contributed by atoms with Crippen molar-refractivity contribution in [3.05, 3.63) is 34.3 Å². The highest BCUT2D eigenvalue weighted by Crippen LogP contribution is 2.30. The fourth-order valence-corrected chi connectivity index (χ4v) is 2.75.